The molecule has 0 saturated carbocycles. The fourth-order valence-corrected chi connectivity index (χ4v) is 2.00. The van der Waals surface area contributed by atoms with E-state index in [1.54, 1.807) is 26.0 Å². The van der Waals surface area contributed by atoms with Crippen molar-refractivity contribution in [3.8, 4) is 5.75 Å². The van der Waals surface area contributed by atoms with Crippen LogP contribution < -0.4 is 5.32 Å². The van der Waals surface area contributed by atoms with E-state index in [0.29, 0.717) is 17.2 Å². The molecule has 2 aromatic rings. The number of halogens is 3. The van der Waals surface area contributed by atoms with Crippen molar-refractivity contribution in [1.29, 1.82) is 0 Å². The Labute approximate surface area is 114 Å². The number of hydrogen-bond acceptors (Lipinski definition) is 2. The monoisotopic (exact) mass is 281 g/mol. The summed E-state index contributed by atoms with van der Waals surface area (Å²) in [5, 5.41) is 12.4. The number of rotatable bonds is 3. The highest BCUT2D eigenvalue weighted by molar-refractivity contribution is 5.47. The lowest BCUT2D eigenvalue weighted by atomic mass is 10.1. The number of benzene rings is 2. The van der Waals surface area contributed by atoms with Crippen LogP contribution in [-0.4, -0.2) is 5.11 Å². The SMILES string of the molecule is Cc1cc(CNc2cc(F)c(F)cc2F)cc(C)c1O. The molecule has 0 atom stereocenters. The number of nitrogens with one attached hydrogen (secondary N) is 1. The lowest BCUT2D eigenvalue weighted by Crippen LogP contribution is -2.03. The zero-order valence-corrected chi connectivity index (χ0v) is 11.1. The number of aromatic hydroxyl groups is 1. The Morgan fingerprint density at radius 1 is 0.900 bits per heavy atom. The third kappa shape index (κ3) is 2.87. The van der Waals surface area contributed by atoms with Crippen LogP contribution in [-0.2, 0) is 6.54 Å². The van der Waals surface area contributed by atoms with Crippen LogP contribution in [0.2, 0.25) is 0 Å². The Kier molecular flexibility index (Phi) is 3.88. The van der Waals surface area contributed by atoms with Crippen LogP contribution in [0.5, 0.6) is 5.75 Å². The molecule has 0 spiro atoms. The molecule has 0 bridgehead atoms. The molecule has 0 aromatic heterocycles. The van der Waals surface area contributed by atoms with Gasteiger partial charge in [0.05, 0.1) is 5.69 Å². The zero-order valence-electron chi connectivity index (χ0n) is 11.1. The summed E-state index contributed by atoms with van der Waals surface area (Å²) in [6, 6.07) is 4.77. The standard InChI is InChI=1S/C15H14F3NO/c1-8-3-10(4-9(2)15(8)20)7-19-14-6-12(17)11(16)5-13(14)18/h3-6,19-20H,7H2,1-2H3. The lowest BCUT2D eigenvalue weighted by molar-refractivity contribution is 0.466. The topological polar surface area (TPSA) is 32.3 Å². The first kappa shape index (κ1) is 14.2. The Bertz CT molecular complexity index is 633. The first-order valence-corrected chi connectivity index (χ1v) is 6.06. The van der Waals surface area contributed by atoms with Crippen molar-refractivity contribution in [3.63, 3.8) is 0 Å². The number of aryl methyl sites for hydroxylation is 2. The summed E-state index contributed by atoms with van der Waals surface area (Å²) >= 11 is 0. The van der Waals surface area contributed by atoms with Gasteiger partial charge in [-0.05, 0) is 30.5 Å². The van der Waals surface area contributed by atoms with Gasteiger partial charge in [0.25, 0.3) is 0 Å². The minimum Gasteiger partial charge on any atom is -0.507 e. The van der Waals surface area contributed by atoms with E-state index < -0.39 is 17.5 Å². The molecule has 0 amide bonds. The molecule has 2 rings (SSSR count). The van der Waals surface area contributed by atoms with E-state index in [4.69, 9.17) is 0 Å². The van der Waals surface area contributed by atoms with Gasteiger partial charge in [-0.25, -0.2) is 13.2 Å². The number of anilines is 1. The molecule has 106 valence electrons. The third-order valence-corrected chi connectivity index (χ3v) is 3.04. The van der Waals surface area contributed by atoms with E-state index in [0.717, 1.165) is 11.6 Å². The number of hydrogen-bond donors (Lipinski definition) is 2. The molecule has 2 aromatic carbocycles. The highest BCUT2D eigenvalue weighted by Crippen LogP contribution is 2.24. The predicted molar refractivity (Wildman–Crippen MR) is 71.2 cm³/mol. The summed E-state index contributed by atoms with van der Waals surface area (Å²) in [5.41, 5.74) is 2.11. The first-order chi connectivity index (χ1) is 9.38. The predicted octanol–water partition coefficient (Wildman–Crippen LogP) is 4.04. The average molecular weight is 281 g/mol. The van der Waals surface area contributed by atoms with Crippen LogP contribution in [0.4, 0.5) is 18.9 Å². The zero-order chi connectivity index (χ0) is 14.9. The van der Waals surface area contributed by atoms with E-state index >= 15 is 0 Å². The lowest BCUT2D eigenvalue weighted by Gasteiger charge is -2.11. The van der Waals surface area contributed by atoms with Crippen LogP contribution in [0.15, 0.2) is 24.3 Å². The fourth-order valence-electron chi connectivity index (χ4n) is 2.00. The molecule has 0 radical (unpaired) electrons. The summed E-state index contributed by atoms with van der Waals surface area (Å²) in [7, 11) is 0. The summed E-state index contributed by atoms with van der Waals surface area (Å²) < 4.78 is 39.3. The van der Waals surface area contributed by atoms with Crippen molar-refractivity contribution in [1.82, 2.24) is 0 Å². The van der Waals surface area contributed by atoms with Gasteiger partial charge in [0.1, 0.15) is 11.6 Å². The molecular formula is C15H14F3NO. The summed E-state index contributed by atoms with van der Waals surface area (Å²) in [5.74, 6) is -2.96. The summed E-state index contributed by atoms with van der Waals surface area (Å²) in [4.78, 5) is 0. The van der Waals surface area contributed by atoms with Crippen LogP contribution >= 0.6 is 0 Å². The second-order valence-corrected chi connectivity index (χ2v) is 4.68. The summed E-state index contributed by atoms with van der Waals surface area (Å²) in [6.45, 7) is 3.75. The van der Waals surface area contributed by atoms with Gasteiger partial charge in [0.15, 0.2) is 11.6 Å². The van der Waals surface area contributed by atoms with Gasteiger partial charge in [-0.2, -0.15) is 0 Å². The van der Waals surface area contributed by atoms with Gasteiger partial charge in [0, 0.05) is 18.7 Å². The second kappa shape index (κ2) is 5.45. The Balaban J connectivity index is 2.19. The highest BCUT2D eigenvalue weighted by atomic mass is 19.2. The van der Waals surface area contributed by atoms with E-state index in [-0.39, 0.29) is 18.0 Å². The molecule has 20 heavy (non-hydrogen) atoms. The van der Waals surface area contributed by atoms with Crippen LogP contribution in [0, 0.1) is 31.3 Å². The van der Waals surface area contributed by atoms with Gasteiger partial charge in [-0.15, -0.1) is 0 Å². The fraction of sp³-hybridized carbons (Fsp3) is 0.200. The van der Waals surface area contributed by atoms with Gasteiger partial charge in [-0.1, -0.05) is 12.1 Å². The van der Waals surface area contributed by atoms with Crippen molar-refractivity contribution in [2.45, 2.75) is 20.4 Å². The van der Waals surface area contributed by atoms with Crippen molar-refractivity contribution in [2.75, 3.05) is 5.32 Å². The number of phenolic OH excluding ortho intramolecular Hbond substituents is 1. The Hall–Kier alpha value is -2.17. The Morgan fingerprint density at radius 2 is 1.45 bits per heavy atom. The maximum atomic E-state index is 13.4. The third-order valence-electron chi connectivity index (χ3n) is 3.04. The molecule has 0 fully saturated rings. The van der Waals surface area contributed by atoms with E-state index in [1.807, 2.05) is 0 Å². The molecule has 2 N–H and O–H groups in total. The summed E-state index contributed by atoms with van der Waals surface area (Å²) in [6.07, 6.45) is 0. The normalized spacial score (nSPS) is 10.7. The van der Waals surface area contributed by atoms with Gasteiger partial charge in [-0.3, -0.25) is 0 Å². The van der Waals surface area contributed by atoms with Crippen molar-refractivity contribution in [3.05, 3.63) is 58.4 Å². The van der Waals surface area contributed by atoms with Crippen molar-refractivity contribution < 1.29 is 18.3 Å². The second-order valence-electron chi connectivity index (χ2n) is 4.68. The molecule has 0 heterocycles. The molecule has 5 heteroatoms. The minimum absolute atomic E-state index is 0.104. The maximum Gasteiger partial charge on any atom is 0.161 e. The van der Waals surface area contributed by atoms with Crippen LogP contribution in [0.1, 0.15) is 16.7 Å². The van der Waals surface area contributed by atoms with Crippen molar-refractivity contribution in [2.24, 2.45) is 0 Å². The molecule has 2 nitrogen and oxygen atoms in total. The minimum atomic E-state index is -1.22. The van der Waals surface area contributed by atoms with Gasteiger partial charge >= 0.3 is 0 Å². The molecular weight excluding hydrogens is 267 g/mol. The molecule has 0 aliphatic rings. The molecule has 0 saturated heterocycles. The number of phenols is 1. The highest BCUT2D eigenvalue weighted by Gasteiger charge is 2.10. The van der Waals surface area contributed by atoms with E-state index in [2.05, 4.69) is 5.32 Å². The molecule has 0 aliphatic heterocycles. The average Bonchev–Trinajstić information content (AvgIpc) is 2.38. The van der Waals surface area contributed by atoms with Gasteiger partial charge < -0.3 is 10.4 Å². The van der Waals surface area contributed by atoms with Crippen LogP contribution in [0.3, 0.4) is 0 Å². The van der Waals surface area contributed by atoms with E-state index in [9.17, 15) is 18.3 Å². The molecule has 0 unspecified atom stereocenters. The van der Waals surface area contributed by atoms with Crippen LogP contribution in [0.25, 0.3) is 0 Å². The van der Waals surface area contributed by atoms with Crippen molar-refractivity contribution >= 4 is 5.69 Å². The Morgan fingerprint density at radius 3 is 2.05 bits per heavy atom. The molecule has 0 aliphatic carbocycles. The van der Waals surface area contributed by atoms with Gasteiger partial charge in [0.2, 0.25) is 0 Å². The first-order valence-electron chi connectivity index (χ1n) is 6.06. The quantitative estimate of drug-likeness (QED) is 0.832. The largest absolute Gasteiger partial charge is 0.507 e. The maximum absolute atomic E-state index is 13.4. The smallest absolute Gasteiger partial charge is 0.161 e. The van der Waals surface area contributed by atoms with E-state index in [1.165, 1.54) is 0 Å².